The Morgan fingerprint density at radius 1 is 1.42 bits per heavy atom. The largest absolute Gasteiger partial charge is 0.337 e. The number of rotatable bonds is 3. The Balaban J connectivity index is 1.88. The summed E-state index contributed by atoms with van der Waals surface area (Å²) < 4.78 is 5.39. The van der Waals surface area contributed by atoms with Gasteiger partial charge in [0.15, 0.2) is 0 Å². The second kappa shape index (κ2) is 5.48. The first-order valence-corrected chi connectivity index (χ1v) is 6.89. The van der Waals surface area contributed by atoms with E-state index in [0.29, 0.717) is 11.7 Å². The summed E-state index contributed by atoms with van der Waals surface area (Å²) in [6, 6.07) is 4.19. The molecule has 19 heavy (non-hydrogen) atoms. The molecular weight excluding hydrogens is 240 g/mol. The number of nitrogens with zero attached hydrogens (tertiary/aromatic N) is 3. The molecule has 5 heteroatoms. The highest BCUT2D eigenvalue weighted by Gasteiger charge is 2.22. The highest BCUT2D eigenvalue weighted by atomic mass is 16.5. The van der Waals surface area contributed by atoms with E-state index in [-0.39, 0.29) is 6.04 Å². The van der Waals surface area contributed by atoms with E-state index in [2.05, 4.69) is 33.4 Å². The van der Waals surface area contributed by atoms with Crippen molar-refractivity contribution in [2.75, 3.05) is 6.54 Å². The normalized spacial score (nSPS) is 19.5. The van der Waals surface area contributed by atoms with Crippen molar-refractivity contribution < 1.29 is 4.52 Å². The molecule has 3 rings (SSSR count). The van der Waals surface area contributed by atoms with Crippen LogP contribution in [-0.4, -0.2) is 21.7 Å². The van der Waals surface area contributed by atoms with Crippen LogP contribution in [0.2, 0.25) is 0 Å². The summed E-state index contributed by atoms with van der Waals surface area (Å²) >= 11 is 0. The van der Waals surface area contributed by atoms with Gasteiger partial charge in [0.1, 0.15) is 5.69 Å². The van der Waals surface area contributed by atoms with Gasteiger partial charge >= 0.3 is 0 Å². The Kier molecular flexibility index (Phi) is 3.55. The van der Waals surface area contributed by atoms with Crippen LogP contribution in [0.3, 0.4) is 0 Å². The van der Waals surface area contributed by atoms with Crippen LogP contribution in [0, 0.1) is 0 Å². The third-order valence-electron chi connectivity index (χ3n) is 3.53. The van der Waals surface area contributed by atoms with Gasteiger partial charge in [0.05, 0.1) is 6.04 Å². The van der Waals surface area contributed by atoms with Crippen molar-refractivity contribution in [3.05, 3.63) is 29.8 Å². The zero-order chi connectivity index (χ0) is 13.1. The molecule has 5 nitrogen and oxygen atoms in total. The van der Waals surface area contributed by atoms with Crippen molar-refractivity contribution in [2.45, 2.75) is 38.6 Å². The predicted molar refractivity (Wildman–Crippen MR) is 71.5 cm³/mol. The van der Waals surface area contributed by atoms with Gasteiger partial charge in [-0.05, 0) is 37.4 Å². The maximum atomic E-state index is 5.39. The minimum Gasteiger partial charge on any atom is -0.337 e. The van der Waals surface area contributed by atoms with Crippen LogP contribution in [-0.2, 0) is 6.42 Å². The average Bonchev–Trinajstić information content (AvgIpc) is 2.98. The standard InChI is InChI=1S/C14H18N4O/c1-2-10-6-5-9-16-12(10)13-17-14(19-18-13)11-7-3-4-8-15-11/h5-6,9,11,15H,2-4,7-8H2,1H3/t11-/m0/s1. The van der Waals surface area contributed by atoms with E-state index in [4.69, 9.17) is 4.52 Å². The quantitative estimate of drug-likeness (QED) is 0.916. The fourth-order valence-electron chi connectivity index (χ4n) is 2.46. The zero-order valence-electron chi connectivity index (χ0n) is 11.1. The Hall–Kier alpha value is -1.75. The predicted octanol–water partition coefficient (Wildman–Crippen LogP) is 2.51. The molecule has 0 aromatic carbocycles. The lowest BCUT2D eigenvalue weighted by Crippen LogP contribution is -2.26. The van der Waals surface area contributed by atoms with Gasteiger partial charge < -0.3 is 9.84 Å². The Morgan fingerprint density at radius 2 is 2.37 bits per heavy atom. The van der Waals surface area contributed by atoms with Crippen LogP contribution in [0.1, 0.15) is 43.7 Å². The van der Waals surface area contributed by atoms with Gasteiger partial charge in [0.2, 0.25) is 11.7 Å². The lowest BCUT2D eigenvalue weighted by Gasteiger charge is -2.19. The third-order valence-corrected chi connectivity index (χ3v) is 3.53. The Bertz CT molecular complexity index is 546. The van der Waals surface area contributed by atoms with Gasteiger partial charge in [-0.1, -0.05) is 24.6 Å². The molecule has 0 unspecified atom stereocenters. The third kappa shape index (κ3) is 2.51. The van der Waals surface area contributed by atoms with Crippen molar-refractivity contribution >= 4 is 0 Å². The molecule has 1 aliphatic heterocycles. The molecule has 0 radical (unpaired) electrons. The summed E-state index contributed by atoms with van der Waals surface area (Å²) in [5, 5.41) is 7.49. The summed E-state index contributed by atoms with van der Waals surface area (Å²) in [4.78, 5) is 8.88. The monoisotopic (exact) mass is 258 g/mol. The zero-order valence-corrected chi connectivity index (χ0v) is 11.1. The molecule has 2 aromatic rings. The maximum Gasteiger partial charge on any atom is 0.244 e. The molecule has 0 amide bonds. The lowest BCUT2D eigenvalue weighted by molar-refractivity contribution is 0.297. The van der Waals surface area contributed by atoms with E-state index in [0.717, 1.165) is 30.6 Å². The van der Waals surface area contributed by atoms with E-state index in [1.807, 2.05) is 6.07 Å². The molecule has 100 valence electrons. The van der Waals surface area contributed by atoms with E-state index < -0.39 is 0 Å². The van der Waals surface area contributed by atoms with Gasteiger partial charge in [-0.3, -0.25) is 4.98 Å². The van der Waals surface area contributed by atoms with Crippen molar-refractivity contribution in [2.24, 2.45) is 0 Å². The van der Waals surface area contributed by atoms with Gasteiger partial charge in [-0.25, -0.2) is 0 Å². The second-order valence-corrected chi connectivity index (χ2v) is 4.82. The Morgan fingerprint density at radius 3 is 3.16 bits per heavy atom. The van der Waals surface area contributed by atoms with Crippen molar-refractivity contribution in [3.63, 3.8) is 0 Å². The number of aryl methyl sites for hydroxylation is 1. The highest BCUT2D eigenvalue weighted by Crippen LogP contribution is 2.24. The van der Waals surface area contributed by atoms with Gasteiger partial charge in [-0.15, -0.1) is 0 Å². The molecule has 0 spiro atoms. The average molecular weight is 258 g/mol. The van der Waals surface area contributed by atoms with E-state index in [1.165, 1.54) is 12.8 Å². The summed E-state index contributed by atoms with van der Waals surface area (Å²) in [5.41, 5.74) is 1.97. The van der Waals surface area contributed by atoms with Crippen LogP contribution in [0.15, 0.2) is 22.9 Å². The lowest BCUT2D eigenvalue weighted by atomic mass is 10.1. The minimum absolute atomic E-state index is 0.198. The molecule has 0 bridgehead atoms. The van der Waals surface area contributed by atoms with Crippen molar-refractivity contribution in [3.8, 4) is 11.5 Å². The summed E-state index contributed by atoms with van der Waals surface area (Å²) in [5.74, 6) is 1.28. The molecular formula is C14H18N4O. The topological polar surface area (TPSA) is 63.8 Å². The summed E-state index contributed by atoms with van der Waals surface area (Å²) in [6.07, 6.45) is 6.17. The molecule has 0 saturated carbocycles. The molecule has 0 aliphatic carbocycles. The van der Waals surface area contributed by atoms with Gasteiger partial charge in [0.25, 0.3) is 0 Å². The van der Waals surface area contributed by atoms with Gasteiger partial charge in [-0.2, -0.15) is 4.98 Å². The van der Waals surface area contributed by atoms with E-state index in [9.17, 15) is 0 Å². The number of hydrogen-bond donors (Lipinski definition) is 1. The second-order valence-electron chi connectivity index (χ2n) is 4.82. The number of piperidine rings is 1. The molecule has 1 saturated heterocycles. The highest BCUT2D eigenvalue weighted by molar-refractivity contribution is 5.53. The molecule has 1 fully saturated rings. The summed E-state index contributed by atoms with van der Waals surface area (Å²) in [7, 11) is 0. The van der Waals surface area contributed by atoms with Crippen LogP contribution in [0.5, 0.6) is 0 Å². The first-order chi connectivity index (χ1) is 9.38. The fraction of sp³-hybridized carbons (Fsp3) is 0.500. The van der Waals surface area contributed by atoms with Crippen molar-refractivity contribution in [1.29, 1.82) is 0 Å². The van der Waals surface area contributed by atoms with E-state index in [1.54, 1.807) is 6.20 Å². The smallest absolute Gasteiger partial charge is 0.244 e. The number of aromatic nitrogens is 3. The minimum atomic E-state index is 0.198. The molecule has 1 N–H and O–H groups in total. The molecule has 3 heterocycles. The fourth-order valence-corrected chi connectivity index (χ4v) is 2.46. The van der Waals surface area contributed by atoms with Crippen LogP contribution >= 0.6 is 0 Å². The number of nitrogens with one attached hydrogen (secondary N) is 1. The number of hydrogen-bond acceptors (Lipinski definition) is 5. The van der Waals surface area contributed by atoms with Crippen molar-refractivity contribution in [1.82, 2.24) is 20.4 Å². The first kappa shape index (κ1) is 12.3. The maximum absolute atomic E-state index is 5.39. The van der Waals surface area contributed by atoms with E-state index >= 15 is 0 Å². The molecule has 1 atom stereocenters. The first-order valence-electron chi connectivity index (χ1n) is 6.89. The summed E-state index contributed by atoms with van der Waals surface area (Å²) in [6.45, 7) is 3.12. The van der Waals surface area contributed by atoms with Gasteiger partial charge in [0, 0.05) is 6.20 Å². The van der Waals surface area contributed by atoms with Crippen LogP contribution in [0.25, 0.3) is 11.5 Å². The SMILES string of the molecule is CCc1cccnc1-c1noc([C@@H]2CCCCN2)n1. The molecule has 1 aliphatic rings. The Labute approximate surface area is 112 Å². The van der Waals surface area contributed by atoms with Crippen LogP contribution < -0.4 is 5.32 Å². The van der Waals surface area contributed by atoms with Crippen LogP contribution in [0.4, 0.5) is 0 Å². The molecule has 2 aromatic heterocycles. The number of pyridine rings is 1.